The molecule has 1 unspecified atom stereocenters. The van der Waals surface area contributed by atoms with E-state index in [1.165, 1.54) is 0 Å². The number of amides is 1. The number of likely N-dealkylation sites (tertiary alicyclic amines) is 1. The molecule has 5 rings (SSSR count). The summed E-state index contributed by atoms with van der Waals surface area (Å²) in [6, 6.07) is 1.75. The van der Waals surface area contributed by atoms with Gasteiger partial charge in [-0.05, 0) is 139 Å². The van der Waals surface area contributed by atoms with E-state index in [4.69, 9.17) is 14.2 Å². The summed E-state index contributed by atoms with van der Waals surface area (Å²) in [7, 11) is 2.12. The lowest BCUT2D eigenvalue weighted by Gasteiger charge is -2.41. The first-order valence-corrected chi connectivity index (χ1v) is 15.7. The third-order valence-electron chi connectivity index (χ3n) is 9.36. The van der Waals surface area contributed by atoms with Crippen LogP contribution < -0.4 is 4.74 Å². The summed E-state index contributed by atoms with van der Waals surface area (Å²) in [5.41, 5.74) is 7.14. The average Bonchev–Trinajstić information content (AvgIpc) is 2.96. The van der Waals surface area contributed by atoms with Crippen LogP contribution >= 0.6 is 0 Å². The van der Waals surface area contributed by atoms with Crippen LogP contribution in [0, 0.1) is 26.6 Å². The molecule has 0 aliphatic carbocycles. The standard InChI is InChI=1S/C35H47FN2O5/c1-9-41-34(40)33(43-35(5,6)7)31-21(3)25-18-29(39)38(23-12-14-37(8)15-13-23)19-27(25)22(4)30(31)26-17-28(36)32-24(20(26)2)11-10-16-42-32/h17,23,33H,9-16,18-19H2,1-8H3. The van der Waals surface area contributed by atoms with Gasteiger partial charge in [0.1, 0.15) is 0 Å². The summed E-state index contributed by atoms with van der Waals surface area (Å²) < 4.78 is 33.5. The Balaban J connectivity index is 1.76. The fraction of sp³-hybridized carbons (Fsp3) is 0.600. The van der Waals surface area contributed by atoms with Crippen LogP contribution in [0.4, 0.5) is 4.39 Å². The van der Waals surface area contributed by atoms with Gasteiger partial charge in [-0.3, -0.25) is 4.79 Å². The lowest BCUT2D eigenvalue weighted by Crippen LogP contribution is -2.48. The maximum atomic E-state index is 15.7. The van der Waals surface area contributed by atoms with Gasteiger partial charge in [0.25, 0.3) is 0 Å². The second kappa shape index (κ2) is 12.2. The molecule has 0 bridgehead atoms. The van der Waals surface area contributed by atoms with Crippen molar-refractivity contribution in [3.8, 4) is 16.9 Å². The van der Waals surface area contributed by atoms with Crippen LogP contribution in [0.5, 0.6) is 5.75 Å². The molecular formula is C35H47FN2O5. The Labute approximate surface area is 255 Å². The topological polar surface area (TPSA) is 68.3 Å². The summed E-state index contributed by atoms with van der Waals surface area (Å²) in [6.45, 7) is 16.7. The molecule has 1 fully saturated rings. The van der Waals surface area contributed by atoms with Crippen LogP contribution in [0.3, 0.4) is 0 Å². The molecule has 2 aromatic rings. The summed E-state index contributed by atoms with van der Waals surface area (Å²) in [6.07, 6.45) is 2.65. The molecule has 3 aliphatic rings. The highest BCUT2D eigenvalue weighted by molar-refractivity contribution is 5.89. The fourth-order valence-corrected chi connectivity index (χ4v) is 7.15. The molecule has 0 radical (unpaired) electrons. The molecule has 7 nitrogen and oxygen atoms in total. The largest absolute Gasteiger partial charge is 0.490 e. The number of hydrogen-bond donors (Lipinski definition) is 0. The zero-order valence-electron chi connectivity index (χ0n) is 27.1. The molecule has 0 spiro atoms. The quantitative estimate of drug-likeness (QED) is 0.374. The third kappa shape index (κ3) is 6.05. The van der Waals surface area contributed by atoms with Gasteiger partial charge in [-0.1, -0.05) is 0 Å². The minimum atomic E-state index is -1.05. The van der Waals surface area contributed by atoms with Gasteiger partial charge in [0.15, 0.2) is 17.7 Å². The molecule has 2 aromatic carbocycles. The van der Waals surface area contributed by atoms with Crippen molar-refractivity contribution in [1.29, 1.82) is 0 Å². The van der Waals surface area contributed by atoms with Crippen molar-refractivity contribution in [3.05, 3.63) is 50.8 Å². The minimum Gasteiger partial charge on any atom is -0.490 e. The van der Waals surface area contributed by atoms with E-state index >= 15 is 4.39 Å². The zero-order chi connectivity index (χ0) is 31.2. The number of esters is 1. The Morgan fingerprint density at radius 1 is 1.09 bits per heavy atom. The lowest BCUT2D eigenvalue weighted by molar-refractivity contribution is -0.166. The molecule has 3 aliphatic heterocycles. The Kier molecular flexibility index (Phi) is 8.92. The summed E-state index contributed by atoms with van der Waals surface area (Å²) in [5, 5.41) is 0. The number of rotatable bonds is 6. The van der Waals surface area contributed by atoms with Crippen LogP contribution in [0.1, 0.15) is 92.0 Å². The Morgan fingerprint density at radius 2 is 1.79 bits per heavy atom. The van der Waals surface area contributed by atoms with Crippen molar-refractivity contribution in [2.24, 2.45) is 0 Å². The number of piperidine rings is 1. The van der Waals surface area contributed by atoms with Crippen molar-refractivity contribution >= 4 is 11.9 Å². The van der Waals surface area contributed by atoms with E-state index in [2.05, 4.69) is 11.9 Å². The monoisotopic (exact) mass is 594 g/mol. The minimum absolute atomic E-state index is 0.112. The summed E-state index contributed by atoms with van der Waals surface area (Å²) in [4.78, 5) is 31.7. The second-order valence-electron chi connectivity index (χ2n) is 13.4. The maximum Gasteiger partial charge on any atom is 0.339 e. The molecule has 0 N–H and O–H groups in total. The normalized spacial score (nSPS) is 18.6. The van der Waals surface area contributed by atoms with E-state index in [0.29, 0.717) is 24.5 Å². The van der Waals surface area contributed by atoms with Gasteiger partial charge in [-0.15, -0.1) is 0 Å². The third-order valence-corrected chi connectivity index (χ3v) is 9.36. The molecule has 234 valence electrons. The van der Waals surface area contributed by atoms with Gasteiger partial charge in [0, 0.05) is 23.7 Å². The van der Waals surface area contributed by atoms with Crippen molar-refractivity contribution in [3.63, 3.8) is 0 Å². The highest BCUT2D eigenvalue weighted by Gasteiger charge is 2.39. The average molecular weight is 595 g/mol. The van der Waals surface area contributed by atoms with E-state index < -0.39 is 23.5 Å². The number of fused-ring (bicyclic) bond motifs is 2. The van der Waals surface area contributed by atoms with E-state index in [1.54, 1.807) is 13.0 Å². The molecular weight excluding hydrogens is 547 g/mol. The number of halogens is 1. The van der Waals surface area contributed by atoms with Crippen molar-refractivity contribution in [2.75, 3.05) is 33.4 Å². The molecule has 1 atom stereocenters. The highest BCUT2D eigenvalue weighted by atomic mass is 19.1. The van der Waals surface area contributed by atoms with Gasteiger partial charge in [-0.2, -0.15) is 0 Å². The van der Waals surface area contributed by atoms with Crippen LogP contribution in [0.25, 0.3) is 11.1 Å². The van der Waals surface area contributed by atoms with Gasteiger partial charge < -0.3 is 24.0 Å². The van der Waals surface area contributed by atoms with Gasteiger partial charge in [0.05, 0.1) is 25.2 Å². The number of nitrogens with zero attached hydrogens (tertiary/aromatic N) is 2. The number of carbonyl (C=O) groups excluding carboxylic acids is 2. The van der Waals surface area contributed by atoms with E-state index in [9.17, 15) is 9.59 Å². The summed E-state index contributed by atoms with van der Waals surface area (Å²) in [5.74, 6) is -0.451. The van der Waals surface area contributed by atoms with Gasteiger partial charge in [0.2, 0.25) is 5.91 Å². The number of carbonyl (C=O) groups is 2. The Hall–Kier alpha value is -2.97. The van der Waals surface area contributed by atoms with E-state index in [1.807, 2.05) is 46.4 Å². The Morgan fingerprint density at radius 3 is 2.44 bits per heavy atom. The van der Waals surface area contributed by atoms with E-state index in [0.717, 1.165) is 83.3 Å². The molecule has 0 aromatic heterocycles. The molecule has 3 heterocycles. The maximum absolute atomic E-state index is 15.7. The predicted molar refractivity (Wildman–Crippen MR) is 165 cm³/mol. The van der Waals surface area contributed by atoms with Crippen LogP contribution in [0.2, 0.25) is 0 Å². The summed E-state index contributed by atoms with van der Waals surface area (Å²) >= 11 is 0. The number of hydrogen-bond acceptors (Lipinski definition) is 6. The Bertz CT molecular complexity index is 1420. The number of ether oxygens (including phenoxy) is 3. The molecule has 43 heavy (non-hydrogen) atoms. The molecule has 1 amide bonds. The smallest absolute Gasteiger partial charge is 0.339 e. The molecule has 0 saturated carbocycles. The van der Waals surface area contributed by atoms with Gasteiger partial charge >= 0.3 is 5.97 Å². The highest BCUT2D eigenvalue weighted by Crippen LogP contribution is 2.46. The first-order chi connectivity index (χ1) is 20.3. The SMILES string of the molecule is CCOC(=O)C(OC(C)(C)C)c1c(C)c2c(c(C)c1-c1cc(F)c3c(c1C)CCCO3)CN(C1CCN(C)CC1)C(=O)C2. The number of benzene rings is 2. The van der Waals surface area contributed by atoms with Gasteiger partial charge in [-0.25, -0.2) is 9.18 Å². The van der Waals surface area contributed by atoms with Crippen molar-refractivity contribution in [2.45, 2.75) is 105 Å². The van der Waals surface area contributed by atoms with Crippen LogP contribution in [-0.4, -0.2) is 66.7 Å². The fourth-order valence-electron chi connectivity index (χ4n) is 7.15. The molecule has 8 heteroatoms. The predicted octanol–water partition coefficient (Wildman–Crippen LogP) is 6.14. The second-order valence-corrected chi connectivity index (χ2v) is 13.4. The van der Waals surface area contributed by atoms with Crippen molar-refractivity contribution < 1.29 is 28.2 Å². The van der Waals surface area contributed by atoms with E-state index in [-0.39, 0.29) is 25.0 Å². The van der Waals surface area contributed by atoms with Crippen molar-refractivity contribution in [1.82, 2.24) is 9.80 Å². The first-order valence-electron chi connectivity index (χ1n) is 15.7. The zero-order valence-corrected chi connectivity index (χ0v) is 27.1. The van der Waals surface area contributed by atoms with Crippen LogP contribution in [-0.2, 0) is 38.4 Å². The molecule has 1 saturated heterocycles. The lowest BCUT2D eigenvalue weighted by atomic mass is 9.78. The van der Waals surface area contributed by atoms with Crippen LogP contribution in [0.15, 0.2) is 6.07 Å². The first kappa shape index (κ1) is 31.5.